The van der Waals surface area contributed by atoms with Gasteiger partial charge in [-0.05, 0) is 32.4 Å². The summed E-state index contributed by atoms with van der Waals surface area (Å²) in [7, 11) is 0. The van der Waals surface area contributed by atoms with Gasteiger partial charge in [-0.15, -0.1) is 0 Å². The van der Waals surface area contributed by atoms with Crippen molar-refractivity contribution in [3.05, 3.63) is 41.1 Å². The van der Waals surface area contributed by atoms with Gasteiger partial charge in [0.25, 0.3) is 0 Å². The van der Waals surface area contributed by atoms with Gasteiger partial charge in [-0.3, -0.25) is 0 Å². The van der Waals surface area contributed by atoms with Crippen LogP contribution in [0.2, 0.25) is 0 Å². The number of halogens is 2. The average Bonchev–Trinajstić information content (AvgIpc) is 2.40. The predicted octanol–water partition coefficient (Wildman–Crippen LogP) is 3.72. The van der Waals surface area contributed by atoms with E-state index in [9.17, 15) is 8.78 Å². The molecule has 2 rings (SSSR count). The summed E-state index contributed by atoms with van der Waals surface area (Å²) in [5, 5.41) is 3.15. The van der Waals surface area contributed by atoms with Crippen molar-refractivity contribution in [1.82, 2.24) is 9.97 Å². The lowest BCUT2D eigenvalue weighted by Gasteiger charge is -2.12. The molecule has 1 aromatic carbocycles. The van der Waals surface area contributed by atoms with Gasteiger partial charge < -0.3 is 5.32 Å². The SMILES string of the molecule is CCNc1nc(-c2cc(F)cc(F)c2)nc(CC)c1C. The van der Waals surface area contributed by atoms with Crippen LogP contribution >= 0.6 is 0 Å². The van der Waals surface area contributed by atoms with Crippen LogP contribution in [0, 0.1) is 18.6 Å². The van der Waals surface area contributed by atoms with Crippen LogP contribution in [-0.4, -0.2) is 16.5 Å². The first kappa shape index (κ1) is 14.4. The van der Waals surface area contributed by atoms with Crippen molar-refractivity contribution in [2.45, 2.75) is 27.2 Å². The Morgan fingerprint density at radius 2 is 1.70 bits per heavy atom. The summed E-state index contributed by atoms with van der Waals surface area (Å²) in [5.74, 6) is -0.222. The van der Waals surface area contributed by atoms with Gasteiger partial charge in [-0.2, -0.15) is 0 Å². The number of anilines is 1. The summed E-state index contributed by atoms with van der Waals surface area (Å²) in [6, 6.07) is 3.31. The molecule has 0 saturated heterocycles. The van der Waals surface area contributed by atoms with Crippen LogP contribution in [0.25, 0.3) is 11.4 Å². The standard InChI is InChI=1S/C15H17F2N3/c1-4-13-9(3)14(18-5-2)20-15(19-13)10-6-11(16)8-12(17)7-10/h6-8H,4-5H2,1-3H3,(H,18,19,20). The van der Waals surface area contributed by atoms with Gasteiger partial charge in [0.15, 0.2) is 5.82 Å². The first-order valence-corrected chi connectivity index (χ1v) is 6.63. The summed E-state index contributed by atoms with van der Waals surface area (Å²) in [4.78, 5) is 8.77. The van der Waals surface area contributed by atoms with Gasteiger partial charge in [0, 0.05) is 29.4 Å². The second-order valence-electron chi connectivity index (χ2n) is 4.51. The zero-order chi connectivity index (χ0) is 14.7. The van der Waals surface area contributed by atoms with E-state index in [-0.39, 0.29) is 0 Å². The fraction of sp³-hybridized carbons (Fsp3) is 0.333. The van der Waals surface area contributed by atoms with E-state index >= 15 is 0 Å². The number of aromatic nitrogens is 2. The predicted molar refractivity (Wildman–Crippen MR) is 75.7 cm³/mol. The molecule has 2 aromatic rings. The van der Waals surface area contributed by atoms with E-state index in [2.05, 4.69) is 15.3 Å². The largest absolute Gasteiger partial charge is 0.370 e. The van der Waals surface area contributed by atoms with Gasteiger partial charge in [-0.25, -0.2) is 18.7 Å². The molecule has 0 unspecified atom stereocenters. The Morgan fingerprint density at radius 3 is 2.25 bits per heavy atom. The highest BCUT2D eigenvalue weighted by molar-refractivity contribution is 5.60. The maximum Gasteiger partial charge on any atom is 0.161 e. The Kier molecular flexibility index (Phi) is 4.27. The minimum Gasteiger partial charge on any atom is -0.370 e. The lowest BCUT2D eigenvalue weighted by atomic mass is 10.1. The number of rotatable bonds is 4. The van der Waals surface area contributed by atoms with Crippen molar-refractivity contribution < 1.29 is 8.78 Å². The van der Waals surface area contributed by atoms with Crippen LogP contribution in [0.1, 0.15) is 25.1 Å². The third-order valence-corrected chi connectivity index (χ3v) is 3.05. The summed E-state index contributed by atoms with van der Waals surface area (Å²) in [6.07, 6.45) is 0.734. The summed E-state index contributed by atoms with van der Waals surface area (Å²) < 4.78 is 26.6. The minimum atomic E-state index is -0.632. The van der Waals surface area contributed by atoms with Gasteiger partial charge in [0.2, 0.25) is 0 Å². The van der Waals surface area contributed by atoms with Gasteiger partial charge >= 0.3 is 0 Å². The van der Waals surface area contributed by atoms with Gasteiger partial charge in [-0.1, -0.05) is 6.92 Å². The van der Waals surface area contributed by atoms with E-state index < -0.39 is 11.6 Å². The Balaban J connectivity index is 2.58. The number of nitrogens with zero attached hydrogens (tertiary/aromatic N) is 2. The maximum atomic E-state index is 13.3. The second-order valence-corrected chi connectivity index (χ2v) is 4.51. The van der Waals surface area contributed by atoms with E-state index in [0.29, 0.717) is 17.2 Å². The highest BCUT2D eigenvalue weighted by Gasteiger charge is 2.12. The molecule has 0 amide bonds. The molecule has 0 saturated carbocycles. The molecule has 0 aliphatic rings. The molecule has 0 bridgehead atoms. The normalized spacial score (nSPS) is 10.7. The average molecular weight is 277 g/mol. The molecule has 1 aromatic heterocycles. The van der Waals surface area contributed by atoms with Crippen LogP contribution < -0.4 is 5.32 Å². The molecule has 0 radical (unpaired) electrons. The van der Waals surface area contributed by atoms with Crippen molar-refractivity contribution in [3.8, 4) is 11.4 Å². The lowest BCUT2D eigenvalue weighted by Crippen LogP contribution is -2.07. The third kappa shape index (κ3) is 2.92. The monoisotopic (exact) mass is 277 g/mol. The fourth-order valence-corrected chi connectivity index (χ4v) is 2.06. The Bertz CT molecular complexity index is 607. The van der Waals surface area contributed by atoms with Crippen molar-refractivity contribution in [3.63, 3.8) is 0 Å². The molecule has 106 valence electrons. The van der Waals surface area contributed by atoms with Crippen LogP contribution in [-0.2, 0) is 6.42 Å². The molecule has 3 nitrogen and oxygen atoms in total. The number of aryl methyl sites for hydroxylation is 1. The zero-order valence-corrected chi connectivity index (χ0v) is 11.8. The number of hydrogen-bond acceptors (Lipinski definition) is 3. The highest BCUT2D eigenvalue weighted by Crippen LogP contribution is 2.23. The van der Waals surface area contributed by atoms with Crippen molar-refractivity contribution in [2.24, 2.45) is 0 Å². The summed E-state index contributed by atoms with van der Waals surface area (Å²) >= 11 is 0. The van der Waals surface area contributed by atoms with E-state index in [1.807, 2.05) is 20.8 Å². The number of nitrogens with one attached hydrogen (secondary N) is 1. The minimum absolute atomic E-state index is 0.335. The van der Waals surface area contributed by atoms with E-state index in [1.165, 1.54) is 12.1 Å². The highest BCUT2D eigenvalue weighted by atomic mass is 19.1. The lowest BCUT2D eigenvalue weighted by molar-refractivity contribution is 0.584. The molecule has 0 aliphatic heterocycles. The van der Waals surface area contributed by atoms with Crippen molar-refractivity contribution >= 4 is 5.82 Å². The van der Waals surface area contributed by atoms with Crippen LogP contribution in [0.3, 0.4) is 0 Å². The number of benzene rings is 1. The molecule has 1 N–H and O–H groups in total. The molecule has 5 heteroatoms. The summed E-state index contributed by atoms with van der Waals surface area (Å²) in [6.45, 7) is 6.61. The molecule has 0 atom stereocenters. The van der Waals surface area contributed by atoms with E-state index in [1.54, 1.807) is 0 Å². The van der Waals surface area contributed by atoms with Crippen molar-refractivity contribution in [1.29, 1.82) is 0 Å². The smallest absolute Gasteiger partial charge is 0.161 e. The zero-order valence-electron chi connectivity index (χ0n) is 11.8. The first-order chi connectivity index (χ1) is 9.55. The first-order valence-electron chi connectivity index (χ1n) is 6.63. The Hall–Kier alpha value is -2.04. The molecule has 0 aliphatic carbocycles. The number of hydrogen-bond donors (Lipinski definition) is 1. The van der Waals surface area contributed by atoms with Gasteiger partial charge in [0.1, 0.15) is 17.5 Å². The van der Waals surface area contributed by atoms with Gasteiger partial charge in [0.05, 0.1) is 0 Å². The molecule has 1 heterocycles. The topological polar surface area (TPSA) is 37.8 Å². The Morgan fingerprint density at radius 1 is 1.05 bits per heavy atom. The van der Waals surface area contributed by atoms with E-state index in [4.69, 9.17) is 0 Å². The van der Waals surface area contributed by atoms with Crippen molar-refractivity contribution in [2.75, 3.05) is 11.9 Å². The fourth-order valence-electron chi connectivity index (χ4n) is 2.06. The Labute approximate surface area is 117 Å². The van der Waals surface area contributed by atoms with Crippen LogP contribution in [0.4, 0.5) is 14.6 Å². The molecular weight excluding hydrogens is 260 g/mol. The second kappa shape index (κ2) is 5.94. The quantitative estimate of drug-likeness (QED) is 0.925. The third-order valence-electron chi connectivity index (χ3n) is 3.05. The van der Waals surface area contributed by atoms with Crippen LogP contribution in [0.15, 0.2) is 18.2 Å². The van der Waals surface area contributed by atoms with E-state index in [0.717, 1.165) is 30.3 Å². The maximum absolute atomic E-state index is 13.3. The van der Waals surface area contributed by atoms with Crippen LogP contribution in [0.5, 0.6) is 0 Å². The molecule has 0 spiro atoms. The molecule has 0 fully saturated rings. The summed E-state index contributed by atoms with van der Waals surface area (Å²) in [5.41, 5.74) is 2.18. The molecular formula is C15H17F2N3. The molecule has 20 heavy (non-hydrogen) atoms.